The molecule has 2 amide bonds. The van der Waals surface area contributed by atoms with Crippen LogP contribution in [0.15, 0.2) is 42.7 Å². The van der Waals surface area contributed by atoms with Crippen LogP contribution in [0.25, 0.3) is 0 Å². The summed E-state index contributed by atoms with van der Waals surface area (Å²) in [5.41, 5.74) is 1.45. The standard InChI is InChI=1S/C17H20N4O2/c1-13(12-20-10-3-9-18-20)19-17(23)14-5-7-15(8-6-14)21-11-2-4-16(21)22/h3,5-10,13H,2,4,11-12H2,1H3,(H,19,23)/t13-/m0/s1. The largest absolute Gasteiger partial charge is 0.348 e. The first-order valence-electron chi connectivity index (χ1n) is 7.82. The van der Waals surface area contributed by atoms with Crippen molar-refractivity contribution in [3.05, 3.63) is 48.3 Å². The molecule has 1 aliphatic heterocycles. The van der Waals surface area contributed by atoms with E-state index in [4.69, 9.17) is 0 Å². The first-order chi connectivity index (χ1) is 11.1. The maximum absolute atomic E-state index is 12.3. The van der Waals surface area contributed by atoms with Gasteiger partial charge in [-0.2, -0.15) is 5.10 Å². The molecule has 1 aliphatic rings. The van der Waals surface area contributed by atoms with Gasteiger partial charge in [0.05, 0.1) is 6.54 Å². The minimum absolute atomic E-state index is 0.0257. The van der Waals surface area contributed by atoms with Crippen LogP contribution in [0.5, 0.6) is 0 Å². The first-order valence-corrected chi connectivity index (χ1v) is 7.82. The summed E-state index contributed by atoms with van der Waals surface area (Å²) in [5.74, 6) is 0.0269. The highest BCUT2D eigenvalue weighted by Crippen LogP contribution is 2.21. The molecule has 2 heterocycles. The number of rotatable bonds is 5. The second-order valence-electron chi connectivity index (χ2n) is 5.80. The number of amides is 2. The summed E-state index contributed by atoms with van der Waals surface area (Å²) in [7, 11) is 0. The summed E-state index contributed by atoms with van der Waals surface area (Å²) in [6.07, 6.45) is 5.08. The van der Waals surface area contributed by atoms with Crippen molar-refractivity contribution in [2.45, 2.75) is 32.4 Å². The van der Waals surface area contributed by atoms with Crippen LogP contribution >= 0.6 is 0 Å². The molecular formula is C17H20N4O2. The molecule has 23 heavy (non-hydrogen) atoms. The van der Waals surface area contributed by atoms with E-state index in [9.17, 15) is 9.59 Å². The maximum Gasteiger partial charge on any atom is 0.251 e. The molecule has 0 bridgehead atoms. The van der Waals surface area contributed by atoms with Crippen LogP contribution in [0.2, 0.25) is 0 Å². The molecule has 1 aromatic carbocycles. The third kappa shape index (κ3) is 3.59. The van der Waals surface area contributed by atoms with Crippen molar-refractivity contribution in [2.75, 3.05) is 11.4 Å². The number of nitrogens with zero attached hydrogens (tertiary/aromatic N) is 3. The van der Waals surface area contributed by atoms with E-state index in [1.165, 1.54) is 0 Å². The van der Waals surface area contributed by atoms with E-state index in [0.29, 0.717) is 18.5 Å². The Morgan fingerprint density at radius 2 is 2.13 bits per heavy atom. The minimum Gasteiger partial charge on any atom is -0.348 e. The topological polar surface area (TPSA) is 67.2 Å². The highest BCUT2D eigenvalue weighted by atomic mass is 16.2. The predicted octanol–water partition coefficient (Wildman–Crippen LogP) is 1.83. The van der Waals surface area contributed by atoms with Crippen LogP contribution in [-0.4, -0.2) is 34.2 Å². The zero-order valence-electron chi connectivity index (χ0n) is 13.1. The molecule has 0 spiro atoms. The Morgan fingerprint density at radius 1 is 1.35 bits per heavy atom. The minimum atomic E-state index is -0.121. The number of anilines is 1. The van der Waals surface area contributed by atoms with Gasteiger partial charge < -0.3 is 10.2 Å². The number of aromatic nitrogens is 2. The van der Waals surface area contributed by atoms with Gasteiger partial charge in [0.1, 0.15) is 0 Å². The van der Waals surface area contributed by atoms with Crippen molar-refractivity contribution in [2.24, 2.45) is 0 Å². The third-order valence-electron chi connectivity index (χ3n) is 3.91. The van der Waals surface area contributed by atoms with Gasteiger partial charge in [-0.1, -0.05) is 0 Å². The highest BCUT2D eigenvalue weighted by Gasteiger charge is 2.21. The Kier molecular flexibility index (Phi) is 4.41. The molecule has 1 fully saturated rings. The third-order valence-corrected chi connectivity index (χ3v) is 3.91. The smallest absolute Gasteiger partial charge is 0.251 e. The summed E-state index contributed by atoms with van der Waals surface area (Å²) < 4.78 is 1.78. The molecule has 1 atom stereocenters. The van der Waals surface area contributed by atoms with Crippen LogP contribution in [-0.2, 0) is 11.3 Å². The fourth-order valence-corrected chi connectivity index (χ4v) is 2.76. The Balaban J connectivity index is 1.60. The van der Waals surface area contributed by atoms with Crippen LogP contribution in [0.3, 0.4) is 0 Å². The van der Waals surface area contributed by atoms with Gasteiger partial charge in [0, 0.05) is 42.7 Å². The molecule has 0 radical (unpaired) electrons. The van der Waals surface area contributed by atoms with Gasteiger partial charge in [0.15, 0.2) is 0 Å². The predicted molar refractivity (Wildman–Crippen MR) is 87.2 cm³/mol. The number of carbonyl (C=O) groups is 2. The van der Waals surface area contributed by atoms with E-state index < -0.39 is 0 Å². The molecule has 120 valence electrons. The van der Waals surface area contributed by atoms with Gasteiger partial charge >= 0.3 is 0 Å². The lowest BCUT2D eigenvalue weighted by molar-refractivity contribution is -0.117. The molecule has 0 aliphatic carbocycles. The number of benzene rings is 1. The van der Waals surface area contributed by atoms with Crippen LogP contribution < -0.4 is 10.2 Å². The molecule has 6 nitrogen and oxygen atoms in total. The van der Waals surface area contributed by atoms with E-state index in [1.807, 2.05) is 31.3 Å². The summed E-state index contributed by atoms with van der Waals surface area (Å²) in [6.45, 7) is 3.32. The molecule has 2 aromatic rings. The Hall–Kier alpha value is -2.63. The van der Waals surface area contributed by atoms with Crippen molar-refractivity contribution in [1.29, 1.82) is 0 Å². The first kappa shape index (κ1) is 15.3. The lowest BCUT2D eigenvalue weighted by Crippen LogP contribution is -2.35. The van der Waals surface area contributed by atoms with Gasteiger partial charge in [-0.15, -0.1) is 0 Å². The summed E-state index contributed by atoms with van der Waals surface area (Å²) in [4.78, 5) is 25.8. The SMILES string of the molecule is C[C@@H](Cn1cccn1)NC(=O)c1ccc(N2CCCC2=O)cc1. The molecule has 3 rings (SSSR count). The summed E-state index contributed by atoms with van der Waals surface area (Å²) >= 11 is 0. The van der Waals surface area contributed by atoms with Gasteiger partial charge in [-0.3, -0.25) is 14.3 Å². The van der Waals surface area contributed by atoms with E-state index in [2.05, 4.69) is 10.4 Å². The van der Waals surface area contributed by atoms with Crippen molar-refractivity contribution >= 4 is 17.5 Å². The van der Waals surface area contributed by atoms with Crippen LogP contribution in [0.4, 0.5) is 5.69 Å². The quantitative estimate of drug-likeness (QED) is 0.916. The van der Waals surface area contributed by atoms with Crippen LogP contribution in [0, 0.1) is 0 Å². The van der Waals surface area contributed by atoms with Gasteiger partial charge in [-0.25, -0.2) is 0 Å². The van der Waals surface area contributed by atoms with Crippen molar-refractivity contribution < 1.29 is 9.59 Å². The Labute approximate surface area is 135 Å². The molecule has 6 heteroatoms. The molecule has 1 saturated heterocycles. The average molecular weight is 312 g/mol. The Morgan fingerprint density at radius 3 is 2.74 bits per heavy atom. The fraction of sp³-hybridized carbons (Fsp3) is 0.353. The van der Waals surface area contributed by atoms with Gasteiger partial charge in [0.25, 0.3) is 5.91 Å². The molecule has 1 N–H and O–H groups in total. The average Bonchev–Trinajstić information content (AvgIpc) is 3.19. The second-order valence-corrected chi connectivity index (χ2v) is 5.80. The number of carbonyl (C=O) groups excluding carboxylic acids is 2. The maximum atomic E-state index is 12.3. The molecule has 1 aromatic heterocycles. The van der Waals surface area contributed by atoms with Gasteiger partial charge in [0.2, 0.25) is 5.91 Å². The lowest BCUT2D eigenvalue weighted by Gasteiger charge is -2.17. The normalized spacial score (nSPS) is 15.7. The van der Waals surface area contributed by atoms with E-state index in [0.717, 1.165) is 18.7 Å². The number of nitrogens with one attached hydrogen (secondary N) is 1. The fourth-order valence-electron chi connectivity index (χ4n) is 2.76. The second kappa shape index (κ2) is 6.64. The Bertz CT molecular complexity index is 679. The molecule has 0 unspecified atom stereocenters. The van der Waals surface area contributed by atoms with Crippen molar-refractivity contribution in [3.8, 4) is 0 Å². The van der Waals surface area contributed by atoms with E-state index in [-0.39, 0.29) is 17.9 Å². The summed E-state index contributed by atoms with van der Waals surface area (Å²) in [5, 5.41) is 7.08. The van der Waals surface area contributed by atoms with E-state index >= 15 is 0 Å². The van der Waals surface area contributed by atoms with Gasteiger partial charge in [-0.05, 0) is 43.7 Å². The van der Waals surface area contributed by atoms with Crippen molar-refractivity contribution in [3.63, 3.8) is 0 Å². The molecular weight excluding hydrogens is 292 g/mol. The zero-order valence-corrected chi connectivity index (χ0v) is 13.1. The molecule has 0 saturated carbocycles. The van der Waals surface area contributed by atoms with E-state index in [1.54, 1.807) is 27.9 Å². The highest BCUT2D eigenvalue weighted by molar-refractivity contribution is 5.97. The van der Waals surface area contributed by atoms with Crippen LogP contribution in [0.1, 0.15) is 30.1 Å². The summed E-state index contributed by atoms with van der Waals surface area (Å²) in [6, 6.07) is 9.01. The number of hydrogen-bond donors (Lipinski definition) is 1. The number of hydrogen-bond acceptors (Lipinski definition) is 3. The zero-order chi connectivity index (χ0) is 16.2. The van der Waals surface area contributed by atoms with Crippen molar-refractivity contribution in [1.82, 2.24) is 15.1 Å². The monoisotopic (exact) mass is 312 g/mol. The lowest BCUT2D eigenvalue weighted by atomic mass is 10.1.